The van der Waals surface area contributed by atoms with Gasteiger partial charge < -0.3 is 19.4 Å². The Kier molecular flexibility index (Phi) is 7.76. The number of ether oxygens (including phenoxy) is 2. The number of nitrogens with one attached hydrogen (secondary N) is 1. The van der Waals surface area contributed by atoms with Crippen LogP contribution in [0.4, 0.5) is 10.5 Å². The number of cyclic esters (lactones) is 1. The van der Waals surface area contributed by atoms with Crippen LogP contribution in [0, 0.1) is 0 Å². The van der Waals surface area contributed by atoms with Gasteiger partial charge in [-0.1, -0.05) is 18.2 Å². The Morgan fingerprint density at radius 2 is 1.89 bits per heavy atom. The van der Waals surface area contributed by atoms with E-state index in [1.807, 2.05) is 73.1 Å². The first-order valence-electron chi connectivity index (χ1n) is 12.6. The zero-order valence-corrected chi connectivity index (χ0v) is 20.6. The van der Waals surface area contributed by atoms with Gasteiger partial charge in [0.15, 0.2) is 0 Å². The predicted molar refractivity (Wildman–Crippen MR) is 143 cm³/mol. The van der Waals surface area contributed by atoms with Crippen molar-refractivity contribution in [2.24, 2.45) is 0 Å². The van der Waals surface area contributed by atoms with Crippen LogP contribution in [-0.2, 0) is 24.2 Å². The van der Waals surface area contributed by atoms with Crippen molar-refractivity contribution in [1.82, 2.24) is 14.9 Å². The molecule has 0 radical (unpaired) electrons. The maximum Gasteiger partial charge on any atom is 0.414 e. The molecule has 0 spiro atoms. The quantitative estimate of drug-likeness (QED) is 0.313. The molecule has 0 aliphatic carbocycles. The molecule has 2 aromatic carbocycles. The molecule has 1 fully saturated rings. The van der Waals surface area contributed by atoms with Crippen molar-refractivity contribution in [1.29, 1.82) is 0 Å². The molecule has 1 aliphatic rings. The van der Waals surface area contributed by atoms with Gasteiger partial charge in [-0.15, -0.1) is 0 Å². The van der Waals surface area contributed by atoms with Crippen LogP contribution in [0.15, 0.2) is 83.9 Å². The van der Waals surface area contributed by atoms with Crippen LogP contribution in [-0.4, -0.2) is 41.9 Å². The van der Waals surface area contributed by atoms with E-state index < -0.39 is 0 Å². The highest BCUT2D eigenvalue weighted by molar-refractivity contribution is 5.89. The van der Waals surface area contributed by atoms with Gasteiger partial charge in [-0.2, -0.15) is 0 Å². The largest absolute Gasteiger partial charge is 0.494 e. The van der Waals surface area contributed by atoms with Crippen LogP contribution in [0.3, 0.4) is 0 Å². The van der Waals surface area contributed by atoms with Gasteiger partial charge >= 0.3 is 6.09 Å². The summed E-state index contributed by atoms with van der Waals surface area (Å²) < 4.78 is 12.6. The van der Waals surface area contributed by atoms with Crippen LogP contribution < -0.4 is 20.5 Å². The molecular weight excluding hydrogens is 468 g/mol. The minimum atomic E-state index is -0.306. The lowest BCUT2D eigenvalue weighted by Gasteiger charge is -2.13. The lowest BCUT2D eigenvalue weighted by molar-refractivity contribution is 0.181. The number of aromatic nitrogens is 2. The number of pyridine rings is 2. The fourth-order valence-electron chi connectivity index (χ4n) is 4.41. The number of rotatable bonds is 11. The Hall–Kier alpha value is -4.17. The van der Waals surface area contributed by atoms with Gasteiger partial charge in [0.25, 0.3) is 5.56 Å². The van der Waals surface area contributed by atoms with Crippen molar-refractivity contribution in [2.45, 2.75) is 25.9 Å². The third-order valence-electron chi connectivity index (χ3n) is 6.38. The molecule has 8 heteroatoms. The number of hydrogen-bond donors (Lipinski definition) is 1. The lowest BCUT2D eigenvalue weighted by atomic mass is 10.1. The van der Waals surface area contributed by atoms with Crippen LogP contribution in [0.2, 0.25) is 0 Å². The van der Waals surface area contributed by atoms with Crippen molar-refractivity contribution < 1.29 is 14.3 Å². The Bertz CT molecular complexity index is 1420. The number of fused-ring (bicyclic) bond motifs is 1. The fourth-order valence-corrected chi connectivity index (χ4v) is 4.41. The Labute approximate surface area is 215 Å². The highest BCUT2D eigenvalue weighted by atomic mass is 16.6. The van der Waals surface area contributed by atoms with Crippen LogP contribution >= 0.6 is 0 Å². The third-order valence-corrected chi connectivity index (χ3v) is 6.38. The van der Waals surface area contributed by atoms with Crippen LogP contribution in [0.25, 0.3) is 10.8 Å². The number of nitrogens with zero attached hydrogens (tertiary/aromatic N) is 3. The zero-order chi connectivity index (χ0) is 25.5. The van der Waals surface area contributed by atoms with Crippen molar-refractivity contribution in [2.75, 3.05) is 31.2 Å². The van der Waals surface area contributed by atoms with Crippen molar-refractivity contribution in [3.8, 4) is 5.75 Å². The first-order chi connectivity index (χ1) is 18.2. The lowest BCUT2D eigenvalue weighted by Crippen LogP contribution is -2.26. The van der Waals surface area contributed by atoms with Gasteiger partial charge in [0, 0.05) is 48.8 Å². The summed E-state index contributed by atoms with van der Waals surface area (Å²) in [5.74, 6) is 0.771. The number of carbonyl (C=O) groups excluding carboxylic acids is 1. The molecule has 1 saturated heterocycles. The molecule has 3 heterocycles. The minimum absolute atomic E-state index is 0.0422. The minimum Gasteiger partial charge on any atom is -0.494 e. The predicted octanol–water partition coefficient (Wildman–Crippen LogP) is 4.15. The molecule has 190 valence electrons. The van der Waals surface area contributed by atoms with E-state index in [0.29, 0.717) is 39.4 Å². The Balaban J connectivity index is 1.04. The topological polar surface area (TPSA) is 85.7 Å². The van der Waals surface area contributed by atoms with Gasteiger partial charge in [0.2, 0.25) is 0 Å². The van der Waals surface area contributed by atoms with E-state index in [1.54, 1.807) is 9.47 Å². The molecule has 5 rings (SSSR count). The summed E-state index contributed by atoms with van der Waals surface area (Å²) in [7, 11) is 0. The van der Waals surface area contributed by atoms with Crippen LogP contribution in [0.5, 0.6) is 5.75 Å². The van der Waals surface area contributed by atoms with E-state index in [4.69, 9.17) is 9.47 Å². The van der Waals surface area contributed by atoms with E-state index in [-0.39, 0.29) is 11.7 Å². The van der Waals surface area contributed by atoms with Crippen LogP contribution in [0.1, 0.15) is 17.7 Å². The molecule has 0 saturated carbocycles. The van der Waals surface area contributed by atoms with Gasteiger partial charge in [-0.25, -0.2) is 4.79 Å². The average molecular weight is 499 g/mol. The van der Waals surface area contributed by atoms with Gasteiger partial charge in [-0.05, 0) is 72.3 Å². The third kappa shape index (κ3) is 6.16. The summed E-state index contributed by atoms with van der Waals surface area (Å²) in [5.41, 5.74) is 3.04. The van der Waals surface area contributed by atoms with E-state index in [2.05, 4.69) is 16.4 Å². The van der Waals surface area contributed by atoms with Gasteiger partial charge in [0.1, 0.15) is 12.4 Å². The number of amides is 1. The Morgan fingerprint density at radius 3 is 2.73 bits per heavy atom. The fraction of sp³-hybridized carbons (Fsp3) is 0.276. The van der Waals surface area contributed by atoms with Crippen molar-refractivity contribution in [3.05, 3.63) is 101 Å². The second-order valence-electron chi connectivity index (χ2n) is 8.95. The smallest absolute Gasteiger partial charge is 0.414 e. The highest BCUT2D eigenvalue weighted by Crippen LogP contribution is 2.22. The monoisotopic (exact) mass is 498 g/mol. The van der Waals surface area contributed by atoms with E-state index in [0.717, 1.165) is 46.3 Å². The molecule has 0 bridgehead atoms. The highest BCUT2D eigenvalue weighted by Gasteiger charge is 2.23. The summed E-state index contributed by atoms with van der Waals surface area (Å²) in [6, 6.07) is 21.3. The first-order valence-corrected chi connectivity index (χ1v) is 12.6. The first kappa shape index (κ1) is 24.5. The molecule has 1 amide bonds. The maximum atomic E-state index is 12.6. The average Bonchev–Trinajstić information content (AvgIpc) is 3.37. The SMILES string of the molecule is O=C1OCCN1c1ccc(OCCCc2cc(CNCCn3ccc4ccccc4c3=O)ccn2)cc1. The molecule has 1 aliphatic heterocycles. The second-order valence-corrected chi connectivity index (χ2v) is 8.95. The molecule has 0 atom stereocenters. The summed E-state index contributed by atoms with van der Waals surface area (Å²) in [4.78, 5) is 30.4. The molecule has 37 heavy (non-hydrogen) atoms. The normalized spacial score (nSPS) is 13.2. The van der Waals surface area contributed by atoms with E-state index >= 15 is 0 Å². The van der Waals surface area contributed by atoms with Gasteiger partial charge in [-0.3, -0.25) is 14.7 Å². The summed E-state index contributed by atoms with van der Waals surface area (Å²) >= 11 is 0. The van der Waals surface area contributed by atoms with Crippen molar-refractivity contribution in [3.63, 3.8) is 0 Å². The molecule has 8 nitrogen and oxygen atoms in total. The van der Waals surface area contributed by atoms with Gasteiger partial charge in [0.05, 0.1) is 13.2 Å². The molecule has 4 aromatic rings. The zero-order valence-electron chi connectivity index (χ0n) is 20.6. The summed E-state index contributed by atoms with van der Waals surface area (Å²) in [6.07, 6.45) is 5.05. The molecular formula is C29H30N4O4. The number of aryl methyl sites for hydroxylation is 1. The van der Waals surface area contributed by atoms with E-state index in [9.17, 15) is 9.59 Å². The maximum absolute atomic E-state index is 12.6. The number of hydrogen-bond acceptors (Lipinski definition) is 6. The number of anilines is 1. The van der Waals surface area contributed by atoms with Crippen molar-refractivity contribution >= 4 is 22.6 Å². The molecule has 0 unspecified atom stereocenters. The Morgan fingerprint density at radius 1 is 1.03 bits per heavy atom. The van der Waals surface area contributed by atoms with E-state index in [1.165, 1.54) is 0 Å². The molecule has 1 N–H and O–H groups in total. The second kappa shape index (κ2) is 11.7. The summed E-state index contributed by atoms with van der Waals surface area (Å²) in [5, 5.41) is 5.14. The molecule has 2 aromatic heterocycles. The standard InChI is InChI=1S/C29H30N4O4/c34-28-27-6-2-1-4-23(27)12-15-32(28)16-14-30-21-22-11-13-31-24(20-22)5-3-18-36-26-9-7-25(8-10-26)33-17-19-37-29(33)35/h1-2,4,6-13,15,20,30H,3,5,14,16-19,21H2. The summed E-state index contributed by atoms with van der Waals surface area (Å²) in [6.45, 7) is 3.60. The number of benzene rings is 2. The number of carbonyl (C=O) groups is 1.